The second kappa shape index (κ2) is 6.55. The number of likely N-dealkylation sites (tertiary alicyclic amines) is 1. The van der Waals surface area contributed by atoms with Crippen LogP contribution in [0.2, 0.25) is 0 Å². The number of hydrogen-bond donors (Lipinski definition) is 1. The van der Waals surface area contributed by atoms with E-state index in [4.69, 9.17) is 5.73 Å². The van der Waals surface area contributed by atoms with Gasteiger partial charge in [0.05, 0.1) is 5.92 Å². The van der Waals surface area contributed by atoms with Crippen molar-refractivity contribution in [1.82, 2.24) is 4.90 Å². The summed E-state index contributed by atoms with van der Waals surface area (Å²) in [4.78, 5) is 14.3. The molecule has 4 atom stereocenters. The van der Waals surface area contributed by atoms with Gasteiger partial charge < -0.3 is 10.6 Å². The van der Waals surface area contributed by atoms with Gasteiger partial charge in [0.2, 0.25) is 5.91 Å². The van der Waals surface area contributed by atoms with Crippen LogP contribution in [0, 0.1) is 17.8 Å². The molecule has 0 radical (unpaired) electrons. The van der Waals surface area contributed by atoms with Gasteiger partial charge in [0.15, 0.2) is 0 Å². The van der Waals surface area contributed by atoms with Gasteiger partial charge in [0, 0.05) is 25.0 Å². The molecule has 1 amide bonds. The molecule has 0 aromatic heterocycles. The number of carbonyl (C=O) groups excluding carboxylic acids is 1. The Bertz CT molecular complexity index is 372. The van der Waals surface area contributed by atoms with Crippen LogP contribution in [0.15, 0.2) is 0 Å². The Balaban J connectivity index is 2.16. The molecule has 21 heavy (non-hydrogen) atoms. The lowest BCUT2D eigenvalue weighted by atomic mass is 9.77. The minimum Gasteiger partial charge on any atom is -0.338 e. The van der Waals surface area contributed by atoms with Gasteiger partial charge in [-0.05, 0) is 31.6 Å². The van der Waals surface area contributed by atoms with E-state index >= 15 is 0 Å². The number of nitrogens with zero attached hydrogens (tertiary/aromatic N) is 1. The lowest BCUT2D eigenvalue weighted by Crippen LogP contribution is -2.55. The Morgan fingerprint density at radius 1 is 1.19 bits per heavy atom. The molecule has 0 aromatic carbocycles. The van der Waals surface area contributed by atoms with Gasteiger partial charge in [0.1, 0.15) is 0 Å². The first-order chi connectivity index (χ1) is 9.86. The zero-order chi connectivity index (χ0) is 15.6. The summed E-state index contributed by atoms with van der Waals surface area (Å²) in [5.41, 5.74) is 5.76. The summed E-state index contributed by atoms with van der Waals surface area (Å²) in [6.45, 7) is 2.90. The maximum Gasteiger partial charge on any atom is 0.392 e. The lowest BCUT2D eigenvalue weighted by Gasteiger charge is -2.43. The second-order valence-electron chi connectivity index (χ2n) is 6.49. The molecular weight excluding hydrogens is 281 g/mol. The Labute approximate surface area is 124 Å². The Kier molecular flexibility index (Phi) is 5.17. The summed E-state index contributed by atoms with van der Waals surface area (Å²) in [6, 6.07) is -0.109. The van der Waals surface area contributed by atoms with E-state index in [1.165, 1.54) is 0 Å². The SMILES string of the molecule is CC1CCCN(C(=O)C2CCCCC2C(F)(F)F)C1CN. The summed E-state index contributed by atoms with van der Waals surface area (Å²) in [6.07, 6.45) is -0.738. The molecule has 1 saturated carbocycles. The van der Waals surface area contributed by atoms with E-state index < -0.39 is 18.0 Å². The molecule has 1 aliphatic carbocycles. The summed E-state index contributed by atoms with van der Waals surface area (Å²) >= 11 is 0. The number of nitrogens with two attached hydrogens (primary N) is 1. The molecule has 1 aliphatic heterocycles. The van der Waals surface area contributed by atoms with Gasteiger partial charge >= 0.3 is 6.18 Å². The largest absolute Gasteiger partial charge is 0.392 e. The zero-order valence-corrected chi connectivity index (χ0v) is 12.5. The van der Waals surface area contributed by atoms with Crippen LogP contribution in [0.1, 0.15) is 45.4 Å². The van der Waals surface area contributed by atoms with Crippen LogP contribution in [0.5, 0.6) is 0 Å². The Morgan fingerprint density at radius 3 is 2.48 bits per heavy atom. The van der Waals surface area contributed by atoms with Gasteiger partial charge in [-0.2, -0.15) is 13.2 Å². The van der Waals surface area contributed by atoms with Crippen molar-refractivity contribution in [1.29, 1.82) is 0 Å². The highest BCUT2D eigenvalue weighted by Gasteiger charge is 2.49. The summed E-state index contributed by atoms with van der Waals surface area (Å²) in [5, 5.41) is 0. The number of hydrogen-bond acceptors (Lipinski definition) is 2. The minimum absolute atomic E-state index is 0.0800. The molecular formula is C15H25F3N2O. The fraction of sp³-hybridized carbons (Fsp3) is 0.933. The van der Waals surface area contributed by atoms with E-state index in [-0.39, 0.29) is 24.3 Å². The quantitative estimate of drug-likeness (QED) is 0.852. The molecule has 3 nitrogen and oxygen atoms in total. The number of amides is 1. The third-order valence-electron chi connectivity index (χ3n) is 5.14. The summed E-state index contributed by atoms with van der Waals surface area (Å²) in [5.74, 6) is -2.44. The maximum absolute atomic E-state index is 13.2. The minimum atomic E-state index is -4.28. The smallest absolute Gasteiger partial charge is 0.338 e. The van der Waals surface area contributed by atoms with E-state index in [0.29, 0.717) is 32.4 Å². The van der Waals surface area contributed by atoms with E-state index in [2.05, 4.69) is 0 Å². The highest BCUT2D eigenvalue weighted by Crippen LogP contribution is 2.43. The van der Waals surface area contributed by atoms with Crippen molar-refractivity contribution < 1.29 is 18.0 Å². The molecule has 0 spiro atoms. The zero-order valence-electron chi connectivity index (χ0n) is 12.5. The van der Waals surface area contributed by atoms with Crippen molar-refractivity contribution in [2.24, 2.45) is 23.5 Å². The molecule has 2 N–H and O–H groups in total. The normalized spacial score (nSPS) is 34.8. The number of carbonyl (C=O) groups is 1. The van der Waals surface area contributed by atoms with E-state index in [9.17, 15) is 18.0 Å². The topological polar surface area (TPSA) is 46.3 Å². The average Bonchev–Trinajstić information content (AvgIpc) is 2.45. The van der Waals surface area contributed by atoms with Gasteiger partial charge in [-0.1, -0.05) is 19.8 Å². The van der Waals surface area contributed by atoms with Gasteiger partial charge in [-0.15, -0.1) is 0 Å². The third-order valence-corrected chi connectivity index (χ3v) is 5.14. The highest BCUT2D eigenvalue weighted by molar-refractivity contribution is 5.80. The molecule has 0 aromatic rings. The van der Waals surface area contributed by atoms with E-state index in [0.717, 1.165) is 12.8 Å². The predicted molar refractivity (Wildman–Crippen MR) is 74.5 cm³/mol. The second-order valence-corrected chi connectivity index (χ2v) is 6.49. The average molecular weight is 306 g/mol. The maximum atomic E-state index is 13.2. The van der Waals surface area contributed by atoms with Gasteiger partial charge in [-0.25, -0.2) is 0 Å². The van der Waals surface area contributed by atoms with Crippen LogP contribution in [0.3, 0.4) is 0 Å². The number of piperidine rings is 1. The monoisotopic (exact) mass is 306 g/mol. The first kappa shape index (κ1) is 16.6. The molecule has 2 fully saturated rings. The van der Waals surface area contributed by atoms with Crippen molar-refractivity contribution >= 4 is 5.91 Å². The molecule has 2 aliphatic rings. The fourth-order valence-corrected chi connectivity index (χ4v) is 3.91. The molecule has 1 saturated heterocycles. The molecule has 4 unspecified atom stereocenters. The van der Waals surface area contributed by atoms with Gasteiger partial charge in [0.25, 0.3) is 0 Å². The van der Waals surface area contributed by atoms with Crippen molar-refractivity contribution in [3.05, 3.63) is 0 Å². The Hall–Kier alpha value is -0.780. The Morgan fingerprint density at radius 2 is 1.86 bits per heavy atom. The number of rotatable bonds is 2. The lowest BCUT2D eigenvalue weighted by molar-refractivity contribution is -0.202. The molecule has 122 valence electrons. The van der Waals surface area contributed by atoms with E-state index in [1.54, 1.807) is 4.90 Å². The highest BCUT2D eigenvalue weighted by atomic mass is 19.4. The summed E-state index contributed by atoms with van der Waals surface area (Å²) < 4.78 is 39.5. The van der Waals surface area contributed by atoms with Crippen LogP contribution in [-0.2, 0) is 4.79 Å². The molecule has 0 bridgehead atoms. The van der Waals surface area contributed by atoms with Crippen LogP contribution in [0.4, 0.5) is 13.2 Å². The van der Waals surface area contributed by atoms with Crippen molar-refractivity contribution in [3.63, 3.8) is 0 Å². The van der Waals surface area contributed by atoms with Crippen molar-refractivity contribution in [3.8, 4) is 0 Å². The van der Waals surface area contributed by atoms with Crippen molar-refractivity contribution in [2.75, 3.05) is 13.1 Å². The first-order valence-corrected chi connectivity index (χ1v) is 7.93. The van der Waals surface area contributed by atoms with Crippen LogP contribution < -0.4 is 5.73 Å². The number of halogens is 3. The first-order valence-electron chi connectivity index (χ1n) is 7.93. The predicted octanol–water partition coefficient (Wildman–Crippen LogP) is 2.94. The van der Waals surface area contributed by atoms with Crippen molar-refractivity contribution in [2.45, 2.75) is 57.7 Å². The third kappa shape index (κ3) is 3.52. The summed E-state index contributed by atoms with van der Waals surface area (Å²) in [7, 11) is 0. The van der Waals surface area contributed by atoms with E-state index in [1.807, 2.05) is 6.92 Å². The fourth-order valence-electron chi connectivity index (χ4n) is 3.91. The molecule has 6 heteroatoms. The van der Waals surface area contributed by atoms with Gasteiger partial charge in [-0.3, -0.25) is 4.79 Å². The van der Waals surface area contributed by atoms with Crippen LogP contribution in [0.25, 0.3) is 0 Å². The van der Waals surface area contributed by atoms with Crippen LogP contribution in [-0.4, -0.2) is 36.1 Å². The molecule has 2 rings (SSSR count). The van der Waals surface area contributed by atoms with Crippen LogP contribution >= 0.6 is 0 Å². The number of alkyl halides is 3. The standard InChI is InChI=1S/C15H25F3N2O/c1-10-5-4-8-20(13(10)9-19)14(21)11-6-2-3-7-12(11)15(16,17)18/h10-13H,2-9,19H2,1H3. The molecule has 1 heterocycles.